The van der Waals surface area contributed by atoms with Crippen LogP contribution >= 0.6 is 12.2 Å². The lowest BCUT2D eigenvalue weighted by molar-refractivity contribution is 0.168. The van der Waals surface area contributed by atoms with Gasteiger partial charge in [0, 0.05) is 18.8 Å². The van der Waals surface area contributed by atoms with Gasteiger partial charge in [-0.2, -0.15) is 0 Å². The minimum Gasteiger partial charge on any atom is -0.329 e. The van der Waals surface area contributed by atoms with Gasteiger partial charge < -0.3 is 9.88 Å². The molecular formula is C14H20N4S. The third kappa shape index (κ3) is 2.44. The van der Waals surface area contributed by atoms with Crippen molar-refractivity contribution in [2.24, 2.45) is 0 Å². The van der Waals surface area contributed by atoms with Crippen molar-refractivity contribution in [3.05, 3.63) is 22.6 Å². The van der Waals surface area contributed by atoms with Crippen LogP contribution in [0.15, 0.2) is 12.3 Å². The summed E-state index contributed by atoms with van der Waals surface area (Å²) in [4.78, 5) is 10.3. The van der Waals surface area contributed by atoms with E-state index in [1.165, 1.54) is 25.8 Å². The summed E-state index contributed by atoms with van der Waals surface area (Å²) in [6, 6.07) is 2.68. The summed E-state index contributed by atoms with van der Waals surface area (Å²) in [5, 5.41) is 0. The fourth-order valence-electron chi connectivity index (χ4n) is 2.90. The van der Waals surface area contributed by atoms with Crippen LogP contribution in [0, 0.1) is 11.7 Å². The van der Waals surface area contributed by atoms with Gasteiger partial charge in [0.1, 0.15) is 0 Å². The fraction of sp³-hybridized carbons (Fsp3) is 0.571. The Balaban J connectivity index is 1.96. The van der Waals surface area contributed by atoms with Crippen molar-refractivity contribution in [2.45, 2.75) is 38.8 Å². The van der Waals surface area contributed by atoms with E-state index < -0.39 is 0 Å². The van der Waals surface area contributed by atoms with Gasteiger partial charge in [0.25, 0.3) is 0 Å². The Labute approximate surface area is 118 Å². The predicted molar refractivity (Wildman–Crippen MR) is 79.9 cm³/mol. The first-order valence-electron chi connectivity index (χ1n) is 6.90. The van der Waals surface area contributed by atoms with E-state index in [4.69, 9.17) is 12.2 Å². The molecule has 1 aliphatic rings. The summed E-state index contributed by atoms with van der Waals surface area (Å²) in [6.07, 6.45) is 5.78. The molecule has 3 heterocycles. The molecule has 19 heavy (non-hydrogen) atoms. The van der Waals surface area contributed by atoms with E-state index in [-0.39, 0.29) is 0 Å². The minimum atomic E-state index is 0.572. The van der Waals surface area contributed by atoms with E-state index in [0.717, 1.165) is 28.0 Å². The molecule has 0 aromatic carbocycles. The summed E-state index contributed by atoms with van der Waals surface area (Å²) in [7, 11) is 2.21. The number of hydrogen-bond donors (Lipinski definition) is 1. The molecule has 0 radical (unpaired) electrons. The summed E-state index contributed by atoms with van der Waals surface area (Å²) in [6.45, 7) is 4.17. The molecule has 0 bridgehead atoms. The molecule has 3 rings (SSSR count). The molecule has 1 saturated heterocycles. The number of nitrogens with zero attached hydrogens (tertiary/aromatic N) is 3. The second-order valence-corrected chi connectivity index (χ2v) is 5.94. The Morgan fingerprint density at radius 2 is 2.32 bits per heavy atom. The van der Waals surface area contributed by atoms with E-state index in [9.17, 15) is 0 Å². The minimum absolute atomic E-state index is 0.572. The maximum Gasteiger partial charge on any atom is 0.179 e. The van der Waals surface area contributed by atoms with Crippen molar-refractivity contribution in [1.29, 1.82) is 0 Å². The van der Waals surface area contributed by atoms with Crippen LogP contribution in [0.1, 0.15) is 24.8 Å². The first-order chi connectivity index (χ1) is 9.15. The highest BCUT2D eigenvalue weighted by Gasteiger charge is 2.20. The number of aryl methyl sites for hydroxylation is 1. The van der Waals surface area contributed by atoms with E-state index in [1.807, 2.05) is 6.20 Å². The van der Waals surface area contributed by atoms with Crippen LogP contribution < -0.4 is 0 Å². The molecule has 4 nitrogen and oxygen atoms in total. The Kier molecular flexibility index (Phi) is 3.41. The van der Waals surface area contributed by atoms with Gasteiger partial charge in [-0.25, -0.2) is 4.98 Å². The number of nitrogens with one attached hydrogen (secondary N) is 1. The highest BCUT2D eigenvalue weighted by atomic mass is 32.1. The van der Waals surface area contributed by atoms with Crippen LogP contribution in [0.25, 0.3) is 11.2 Å². The quantitative estimate of drug-likeness (QED) is 0.857. The van der Waals surface area contributed by atoms with Crippen LogP contribution in [-0.2, 0) is 6.54 Å². The van der Waals surface area contributed by atoms with E-state index in [2.05, 4.69) is 39.5 Å². The van der Waals surface area contributed by atoms with Crippen molar-refractivity contribution in [1.82, 2.24) is 19.4 Å². The van der Waals surface area contributed by atoms with Crippen molar-refractivity contribution < 1.29 is 0 Å². The zero-order chi connectivity index (χ0) is 13.4. The number of rotatable bonds is 2. The van der Waals surface area contributed by atoms with Gasteiger partial charge in [0.05, 0.1) is 5.52 Å². The maximum absolute atomic E-state index is 5.45. The number of likely N-dealkylation sites (tertiary alicyclic amines) is 1. The molecule has 1 N–H and O–H groups in total. The highest BCUT2D eigenvalue weighted by molar-refractivity contribution is 7.71. The Morgan fingerprint density at radius 3 is 3.11 bits per heavy atom. The molecule has 1 atom stereocenters. The summed E-state index contributed by atoms with van der Waals surface area (Å²) in [5.74, 6) is 0. The average Bonchev–Trinajstić information content (AvgIpc) is 2.68. The SMILES string of the molecule is Cc1cnc2c(c1)[nH]c(=S)n2CC1CCCCN1C. The molecule has 1 unspecified atom stereocenters. The molecule has 1 aliphatic heterocycles. The molecule has 0 saturated carbocycles. The number of piperidine rings is 1. The Bertz CT molecular complexity index is 642. The summed E-state index contributed by atoms with van der Waals surface area (Å²) >= 11 is 5.45. The van der Waals surface area contributed by atoms with Crippen LogP contribution in [0.4, 0.5) is 0 Å². The monoisotopic (exact) mass is 276 g/mol. The molecule has 1 fully saturated rings. The largest absolute Gasteiger partial charge is 0.329 e. The molecule has 2 aromatic heterocycles. The Morgan fingerprint density at radius 1 is 1.47 bits per heavy atom. The van der Waals surface area contributed by atoms with E-state index >= 15 is 0 Å². The lowest BCUT2D eigenvalue weighted by atomic mass is 10.0. The molecular weight excluding hydrogens is 256 g/mol. The number of hydrogen-bond acceptors (Lipinski definition) is 3. The molecule has 0 amide bonds. The lowest BCUT2D eigenvalue weighted by Crippen LogP contribution is -2.39. The summed E-state index contributed by atoms with van der Waals surface area (Å²) < 4.78 is 2.93. The van der Waals surface area contributed by atoms with Gasteiger partial charge >= 0.3 is 0 Å². The number of pyridine rings is 1. The number of H-pyrrole nitrogens is 1. The van der Waals surface area contributed by atoms with Crippen molar-refractivity contribution in [3.63, 3.8) is 0 Å². The maximum atomic E-state index is 5.45. The molecule has 0 spiro atoms. The van der Waals surface area contributed by atoms with Gasteiger partial charge in [-0.3, -0.25) is 4.57 Å². The third-order valence-electron chi connectivity index (χ3n) is 4.06. The van der Waals surface area contributed by atoms with Gasteiger partial charge in [-0.15, -0.1) is 0 Å². The number of likely N-dealkylation sites (N-methyl/N-ethyl adjacent to an activating group) is 1. The highest BCUT2D eigenvalue weighted by Crippen LogP contribution is 2.19. The second kappa shape index (κ2) is 5.06. The molecule has 2 aromatic rings. The number of fused-ring (bicyclic) bond motifs is 1. The topological polar surface area (TPSA) is 36.9 Å². The van der Waals surface area contributed by atoms with Gasteiger partial charge in [-0.05, 0) is 57.2 Å². The van der Waals surface area contributed by atoms with Crippen LogP contribution in [0.3, 0.4) is 0 Å². The average molecular weight is 276 g/mol. The standard InChI is InChI=1S/C14H20N4S/c1-10-7-12-13(15-8-10)18(14(19)16-12)9-11-5-3-4-6-17(11)2/h7-8,11H,3-6,9H2,1-2H3,(H,16,19). The predicted octanol–water partition coefficient (Wildman–Crippen LogP) is 2.89. The number of aromatic amines is 1. The first kappa shape index (κ1) is 12.8. The van der Waals surface area contributed by atoms with E-state index in [0.29, 0.717) is 6.04 Å². The van der Waals surface area contributed by atoms with Gasteiger partial charge in [-0.1, -0.05) is 6.42 Å². The van der Waals surface area contributed by atoms with Gasteiger partial charge in [0.2, 0.25) is 0 Å². The van der Waals surface area contributed by atoms with Crippen LogP contribution in [0.5, 0.6) is 0 Å². The van der Waals surface area contributed by atoms with Gasteiger partial charge in [0.15, 0.2) is 10.4 Å². The number of aromatic nitrogens is 3. The zero-order valence-electron chi connectivity index (χ0n) is 11.5. The molecule has 102 valence electrons. The molecule has 5 heteroatoms. The van der Waals surface area contributed by atoms with Crippen molar-refractivity contribution in [3.8, 4) is 0 Å². The Hall–Kier alpha value is -1.20. The van der Waals surface area contributed by atoms with Crippen molar-refractivity contribution in [2.75, 3.05) is 13.6 Å². The third-order valence-corrected chi connectivity index (χ3v) is 4.38. The fourth-order valence-corrected chi connectivity index (χ4v) is 3.17. The normalized spacial score (nSPS) is 21.1. The smallest absolute Gasteiger partial charge is 0.179 e. The van der Waals surface area contributed by atoms with E-state index in [1.54, 1.807) is 0 Å². The van der Waals surface area contributed by atoms with Crippen LogP contribution in [-0.4, -0.2) is 39.1 Å². The van der Waals surface area contributed by atoms with Crippen LogP contribution in [0.2, 0.25) is 0 Å². The number of imidazole rings is 1. The lowest BCUT2D eigenvalue weighted by Gasteiger charge is -2.32. The second-order valence-electron chi connectivity index (χ2n) is 5.55. The first-order valence-corrected chi connectivity index (χ1v) is 7.31. The zero-order valence-corrected chi connectivity index (χ0v) is 12.3. The van der Waals surface area contributed by atoms with Crippen molar-refractivity contribution >= 4 is 23.4 Å². The molecule has 0 aliphatic carbocycles. The summed E-state index contributed by atoms with van der Waals surface area (Å²) in [5.41, 5.74) is 3.18.